The Morgan fingerprint density at radius 3 is 2.13 bits per heavy atom. The summed E-state index contributed by atoms with van der Waals surface area (Å²) in [6.45, 7) is 7.91. The molecule has 1 aromatic carbocycles. The third kappa shape index (κ3) is 8.30. The Morgan fingerprint density at radius 2 is 1.80 bits per heavy atom. The van der Waals surface area contributed by atoms with Crippen molar-refractivity contribution in [2.45, 2.75) is 6.92 Å². The van der Waals surface area contributed by atoms with Gasteiger partial charge in [0.1, 0.15) is 5.75 Å². The number of ether oxygens (including phenoxy) is 2. The zero-order chi connectivity index (χ0) is 11.5. The summed E-state index contributed by atoms with van der Waals surface area (Å²) in [6, 6.07) is 9.52. The summed E-state index contributed by atoms with van der Waals surface area (Å²) in [5.74, 6) is 0.498. The Hall–Kier alpha value is -2.03. The van der Waals surface area contributed by atoms with Crippen LogP contribution in [0.25, 0.3) is 0 Å². The molecule has 0 saturated carbocycles. The molecule has 0 heterocycles. The van der Waals surface area contributed by atoms with Crippen molar-refractivity contribution in [3.05, 3.63) is 56.0 Å². The Labute approximate surface area is 89.6 Å². The van der Waals surface area contributed by atoms with Gasteiger partial charge in [0.05, 0.1) is 12.5 Å². The normalized spacial score (nSPS) is 7.80. The third-order valence-electron chi connectivity index (χ3n) is 1.21. The second-order valence-corrected chi connectivity index (χ2v) is 2.37. The van der Waals surface area contributed by atoms with Crippen LogP contribution in [-0.4, -0.2) is 5.97 Å². The molecule has 0 aromatic heterocycles. The van der Waals surface area contributed by atoms with Crippen molar-refractivity contribution >= 4 is 5.97 Å². The maximum Gasteiger partial charge on any atom is 0.307 e. The smallest absolute Gasteiger partial charge is 0.307 e. The fraction of sp³-hybridized carbons (Fsp3) is 0.0833. The predicted octanol–water partition coefficient (Wildman–Crippen LogP) is 2.90. The van der Waals surface area contributed by atoms with E-state index in [0.717, 1.165) is 12.0 Å². The number of hydrogen-bond acceptors (Lipinski definition) is 3. The van der Waals surface area contributed by atoms with E-state index in [1.165, 1.54) is 13.2 Å². The van der Waals surface area contributed by atoms with Crippen LogP contribution in [0.4, 0.5) is 0 Å². The Balaban J connectivity index is 0.000000288. The van der Waals surface area contributed by atoms with Gasteiger partial charge in [-0.3, -0.25) is 4.79 Å². The first-order valence-electron chi connectivity index (χ1n) is 4.31. The van der Waals surface area contributed by atoms with Crippen molar-refractivity contribution < 1.29 is 14.3 Å². The Bertz CT molecular complexity index is 304. The standard InChI is InChI=1S/C8H8O.C4H6O2/c1-2-9-8-6-4-3-5-7-8;1-3-6-4(2)5/h2-7H,1H2;3H,1H2,2H3. The summed E-state index contributed by atoms with van der Waals surface area (Å²) in [5.41, 5.74) is 0. The minimum absolute atomic E-state index is 0.329. The van der Waals surface area contributed by atoms with E-state index in [9.17, 15) is 4.79 Å². The summed E-state index contributed by atoms with van der Waals surface area (Å²) < 4.78 is 9.14. The molecule has 0 amide bonds. The average molecular weight is 206 g/mol. The number of carbonyl (C=O) groups is 1. The van der Waals surface area contributed by atoms with Gasteiger partial charge in [0, 0.05) is 6.92 Å². The molecule has 0 atom stereocenters. The number of carbonyl (C=O) groups excluding carboxylic acids is 1. The lowest BCUT2D eigenvalue weighted by molar-refractivity contribution is -0.135. The van der Waals surface area contributed by atoms with Crippen LogP contribution in [0.2, 0.25) is 0 Å². The Morgan fingerprint density at radius 1 is 1.20 bits per heavy atom. The van der Waals surface area contributed by atoms with Crippen LogP contribution in [0.1, 0.15) is 6.92 Å². The van der Waals surface area contributed by atoms with Crippen molar-refractivity contribution in [1.29, 1.82) is 0 Å². The minimum Gasteiger partial charge on any atom is -0.466 e. The van der Waals surface area contributed by atoms with E-state index in [-0.39, 0.29) is 5.97 Å². The zero-order valence-electron chi connectivity index (χ0n) is 8.68. The molecular formula is C12H14O3. The van der Waals surface area contributed by atoms with Crippen molar-refractivity contribution in [2.75, 3.05) is 0 Å². The van der Waals surface area contributed by atoms with Crippen molar-refractivity contribution in [3.8, 4) is 5.75 Å². The van der Waals surface area contributed by atoms with Gasteiger partial charge < -0.3 is 9.47 Å². The molecular weight excluding hydrogens is 192 g/mol. The van der Waals surface area contributed by atoms with Gasteiger partial charge in [-0.1, -0.05) is 31.4 Å². The molecule has 3 nitrogen and oxygen atoms in total. The molecule has 0 radical (unpaired) electrons. The number of hydrogen-bond donors (Lipinski definition) is 0. The minimum atomic E-state index is -0.329. The van der Waals surface area contributed by atoms with Gasteiger partial charge in [-0.2, -0.15) is 0 Å². The molecule has 0 spiro atoms. The molecule has 3 heteroatoms. The van der Waals surface area contributed by atoms with Gasteiger partial charge in [-0.25, -0.2) is 0 Å². The third-order valence-corrected chi connectivity index (χ3v) is 1.21. The zero-order valence-corrected chi connectivity index (χ0v) is 8.68. The van der Waals surface area contributed by atoms with Gasteiger partial charge in [-0.15, -0.1) is 0 Å². The first-order valence-corrected chi connectivity index (χ1v) is 4.31. The fourth-order valence-corrected chi connectivity index (χ4v) is 0.713. The monoisotopic (exact) mass is 206 g/mol. The summed E-state index contributed by atoms with van der Waals surface area (Å²) in [7, 11) is 0. The molecule has 15 heavy (non-hydrogen) atoms. The highest BCUT2D eigenvalue weighted by atomic mass is 16.5. The molecule has 1 aromatic rings. The molecule has 0 aliphatic rings. The first-order chi connectivity index (χ1) is 7.20. The molecule has 0 fully saturated rings. The summed E-state index contributed by atoms with van der Waals surface area (Å²) in [4.78, 5) is 9.75. The molecule has 0 bridgehead atoms. The van der Waals surface area contributed by atoms with Crippen LogP contribution < -0.4 is 4.74 Å². The lowest BCUT2D eigenvalue weighted by atomic mass is 10.3. The second-order valence-electron chi connectivity index (χ2n) is 2.37. The lowest BCUT2D eigenvalue weighted by Crippen LogP contribution is -1.87. The topological polar surface area (TPSA) is 35.5 Å². The van der Waals surface area contributed by atoms with Gasteiger partial charge in [0.2, 0.25) is 0 Å². The van der Waals surface area contributed by atoms with Crippen LogP contribution in [0, 0.1) is 0 Å². The van der Waals surface area contributed by atoms with Crippen molar-refractivity contribution in [3.63, 3.8) is 0 Å². The van der Waals surface area contributed by atoms with E-state index in [4.69, 9.17) is 4.74 Å². The predicted molar refractivity (Wildman–Crippen MR) is 59.2 cm³/mol. The van der Waals surface area contributed by atoms with Gasteiger partial charge in [0.15, 0.2) is 0 Å². The van der Waals surface area contributed by atoms with Crippen molar-refractivity contribution in [2.24, 2.45) is 0 Å². The van der Waals surface area contributed by atoms with E-state index < -0.39 is 0 Å². The maximum absolute atomic E-state index is 9.75. The van der Waals surface area contributed by atoms with Crippen LogP contribution in [0.15, 0.2) is 56.0 Å². The second kappa shape index (κ2) is 8.56. The summed E-state index contributed by atoms with van der Waals surface area (Å²) >= 11 is 0. The highest BCUT2D eigenvalue weighted by molar-refractivity contribution is 5.66. The van der Waals surface area contributed by atoms with Crippen molar-refractivity contribution in [1.82, 2.24) is 0 Å². The molecule has 80 valence electrons. The molecule has 1 rings (SSSR count). The largest absolute Gasteiger partial charge is 0.466 e. The average Bonchev–Trinajstić information content (AvgIpc) is 2.20. The molecule has 0 aliphatic heterocycles. The van der Waals surface area contributed by atoms with Crippen LogP contribution >= 0.6 is 0 Å². The van der Waals surface area contributed by atoms with E-state index in [2.05, 4.69) is 17.9 Å². The summed E-state index contributed by atoms with van der Waals surface area (Å²) in [6.07, 6.45) is 2.51. The number of esters is 1. The van der Waals surface area contributed by atoms with Gasteiger partial charge in [0.25, 0.3) is 0 Å². The van der Waals surface area contributed by atoms with Crippen LogP contribution in [-0.2, 0) is 9.53 Å². The number of para-hydroxylation sites is 1. The number of rotatable bonds is 3. The van der Waals surface area contributed by atoms with Gasteiger partial charge >= 0.3 is 5.97 Å². The molecule has 0 saturated heterocycles. The highest BCUT2D eigenvalue weighted by Gasteiger charge is 1.82. The van der Waals surface area contributed by atoms with Gasteiger partial charge in [-0.05, 0) is 12.1 Å². The maximum atomic E-state index is 9.75. The lowest BCUT2D eigenvalue weighted by Gasteiger charge is -1.95. The van der Waals surface area contributed by atoms with E-state index in [0.29, 0.717) is 0 Å². The van der Waals surface area contributed by atoms with Crippen LogP contribution in [0.3, 0.4) is 0 Å². The molecule has 0 N–H and O–H groups in total. The quantitative estimate of drug-likeness (QED) is 0.563. The number of benzene rings is 1. The van der Waals surface area contributed by atoms with E-state index in [1.54, 1.807) is 0 Å². The molecule has 0 unspecified atom stereocenters. The highest BCUT2D eigenvalue weighted by Crippen LogP contribution is 2.07. The first kappa shape index (κ1) is 13.0. The Kier molecular flexibility index (Phi) is 7.40. The fourth-order valence-electron chi connectivity index (χ4n) is 0.713. The SMILES string of the molecule is C=COC(C)=O.C=COc1ccccc1. The molecule has 0 aliphatic carbocycles. The van der Waals surface area contributed by atoms with E-state index in [1.807, 2.05) is 30.3 Å². The summed E-state index contributed by atoms with van der Waals surface area (Å²) in [5, 5.41) is 0. The van der Waals surface area contributed by atoms with Crippen LogP contribution in [0.5, 0.6) is 5.75 Å². The van der Waals surface area contributed by atoms with E-state index >= 15 is 0 Å².